The molecule has 2 heterocycles. The van der Waals surface area contributed by atoms with Crippen molar-refractivity contribution >= 4 is 34.4 Å². The summed E-state index contributed by atoms with van der Waals surface area (Å²) < 4.78 is 0. The number of para-hydroxylation sites is 1. The molecule has 2 unspecified atom stereocenters. The minimum Gasteiger partial charge on any atom is -0.344 e. The lowest BCUT2D eigenvalue weighted by molar-refractivity contribution is -0.908. The topological polar surface area (TPSA) is 19.7 Å². The highest BCUT2D eigenvalue weighted by atomic mass is 32.1. The van der Waals surface area contributed by atoms with Gasteiger partial charge in [0.15, 0.2) is 5.11 Å². The van der Waals surface area contributed by atoms with E-state index in [4.69, 9.17) is 12.2 Å². The van der Waals surface area contributed by atoms with Gasteiger partial charge < -0.3 is 15.1 Å². The second-order valence-electron chi connectivity index (χ2n) is 7.80. The maximum absolute atomic E-state index is 5.79. The molecule has 2 N–H and O–H groups in total. The lowest BCUT2D eigenvalue weighted by atomic mass is 10.0. The molecule has 1 saturated heterocycles. The Hall–Kier alpha value is -1.43. The fourth-order valence-electron chi connectivity index (χ4n) is 3.89. The molecule has 5 heteroatoms. The van der Waals surface area contributed by atoms with Crippen LogP contribution in [0.2, 0.25) is 0 Å². The number of thiocarbonyl (C=S) groups is 1. The van der Waals surface area contributed by atoms with Crippen molar-refractivity contribution in [3.05, 3.63) is 52.2 Å². The van der Waals surface area contributed by atoms with Crippen molar-refractivity contribution in [2.45, 2.75) is 39.7 Å². The Morgan fingerprint density at radius 1 is 1.30 bits per heavy atom. The molecule has 3 rings (SSSR count). The monoisotopic (exact) mass is 402 g/mol. The van der Waals surface area contributed by atoms with Crippen molar-refractivity contribution in [2.75, 3.05) is 31.5 Å². The first-order valence-electron chi connectivity index (χ1n) is 10.1. The van der Waals surface area contributed by atoms with Crippen LogP contribution >= 0.6 is 23.6 Å². The number of hydrogen-bond acceptors (Lipinski definition) is 2. The highest BCUT2D eigenvalue weighted by molar-refractivity contribution is 7.80. The summed E-state index contributed by atoms with van der Waals surface area (Å²) in [5, 5.41) is 6.45. The normalized spacial score (nSPS) is 19.6. The summed E-state index contributed by atoms with van der Waals surface area (Å²) in [5.41, 5.74) is 2.33. The molecule has 2 atom stereocenters. The molecule has 1 aromatic carbocycles. The van der Waals surface area contributed by atoms with Crippen molar-refractivity contribution < 1.29 is 4.90 Å². The van der Waals surface area contributed by atoms with Crippen LogP contribution in [0.15, 0.2) is 41.8 Å². The third-order valence-corrected chi connectivity index (χ3v) is 6.64. The molecule has 0 amide bonds. The minimum absolute atomic E-state index is 0.833. The van der Waals surface area contributed by atoms with Gasteiger partial charge in [-0.05, 0) is 55.1 Å². The Kier molecular flexibility index (Phi) is 7.68. The molecule has 0 saturated carbocycles. The Balaban J connectivity index is 1.58. The molecule has 0 radical (unpaired) electrons. The summed E-state index contributed by atoms with van der Waals surface area (Å²) in [6.45, 7) is 10.3. The third-order valence-electron chi connectivity index (χ3n) is 5.42. The number of thiophene rings is 1. The molecule has 1 fully saturated rings. The van der Waals surface area contributed by atoms with E-state index in [9.17, 15) is 0 Å². The first kappa shape index (κ1) is 20.3. The zero-order valence-electron chi connectivity index (χ0n) is 16.5. The van der Waals surface area contributed by atoms with E-state index < -0.39 is 0 Å². The Bertz CT molecular complexity index is 714. The highest BCUT2D eigenvalue weighted by Crippen LogP contribution is 2.17. The van der Waals surface area contributed by atoms with Gasteiger partial charge in [0.1, 0.15) is 0 Å². The van der Waals surface area contributed by atoms with Crippen LogP contribution in [-0.2, 0) is 6.54 Å². The summed E-state index contributed by atoms with van der Waals surface area (Å²) >= 11 is 7.60. The van der Waals surface area contributed by atoms with Crippen molar-refractivity contribution in [2.24, 2.45) is 5.92 Å². The van der Waals surface area contributed by atoms with Gasteiger partial charge in [0.05, 0.1) is 26.2 Å². The van der Waals surface area contributed by atoms with Crippen LogP contribution in [0.5, 0.6) is 0 Å². The molecular weight excluding hydrogens is 370 g/mol. The van der Waals surface area contributed by atoms with Gasteiger partial charge in [0, 0.05) is 29.4 Å². The van der Waals surface area contributed by atoms with Gasteiger partial charge >= 0.3 is 0 Å². The SMILES string of the molecule is Cc1ccccc1NC(=S)N(CCC[NH+]1CCCC(C)C1)Cc1cccs1. The molecule has 1 aliphatic rings. The Labute approximate surface area is 173 Å². The van der Waals surface area contributed by atoms with Crippen LogP contribution in [0, 0.1) is 12.8 Å². The van der Waals surface area contributed by atoms with E-state index in [0.29, 0.717) is 0 Å². The molecule has 3 nitrogen and oxygen atoms in total. The Morgan fingerprint density at radius 2 is 2.15 bits per heavy atom. The molecular formula is C22H32N3S2+. The smallest absolute Gasteiger partial charge is 0.173 e. The number of aryl methyl sites for hydroxylation is 1. The van der Waals surface area contributed by atoms with Gasteiger partial charge in [-0.3, -0.25) is 0 Å². The largest absolute Gasteiger partial charge is 0.344 e. The second kappa shape index (κ2) is 10.2. The van der Waals surface area contributed by atoms with E-state index in [1.54, 1.807) is 16.2 Å². The van der Waals surface area contributed by atoms with Crippen LogP contribution in [-0.4, -0.2) is 36.2 Å². The summed E-state index contributed by atoms with van der Waals surface area (Å²) in [4.78, 5) is 5.46. The van der Waals surface area contributed by atoms with Gasteiger partial charge in [-0.15, -0.1) is 11.3 Å². The summed E-state index contributed by atoms with van der Waals surface area (Å²) in [6.07, 6.45) is 3.96. The number of likely N-dealkylation sites (tertiary alicyclic amines) is 1. The average molecular weight is 403 g/mol. The van der Waals surface area contributed by atoms with E-state index in [1.165, 1.54) is 49.3 Å². The Morgan fingerprint density at radius 3 is 2.89 bits per heavy atom. The fraction of sp³-hybridized carbons (Fsp3) is 0.500. The van der Waals surface area contributed by atoms with Crippen molar-refractivity contribution in [1.82, 2.24) is 4.90 Å². The molecule has 0 bridgehead atoms. The van der Waals surface area contributed by atoms with Crippen molar-refractivity contribution in [3.8, 4) is 0 Å². The summed E-state index contributed by atoms with van der Waals surface area (Å²) in [5.74, 6) is 0.875. The summed E-state index contributed by atoms with van der Waals surface area (Å²) in [6, 6.07) is 12.7. The maximum atomic E-state index is 5.79. The van der Waals surface area contributed by atoms with Gasteiger partial charge in [0.25, 0.3) is 0 Å². The predicted octanol–water partition coefficient (Wildman–Crippen LogP) is 3.96. The molecule has 146 valence electrons. The zero-order chi connectivity index (χ0) is 19.1. The number of hydrogen-bond donors (Lipinski definition) is 2. The molecule has 0 spiro atoms. The van der Waals surface area contributed by atoms with Gasteiger partial charge in [0.2, 0.25) is 0 Å². The predicted molar refractivity (Wildman–Crippen MR) is 121 cm³/mol. The van der Waals surface area contributed by atoms with E-state index >= 15 is 0 Å². The van der Waals surface area contributed by atoms with Crippen molar-refractivity contribution in [1.29, 1.82) is 0 Å². The van der Waals surface area contributed by atoms with Gasteiger partial charge in [-0.1, -0.05) is 31.2 Å². The number of rotatable bonds is 7. The van der Waals surface area contributed by atoms with E-state index in [0.717, 1.165) is 29.8 Å². The number of anilines is 1. The minimum atomic E-state index is 0.833. The number of quaternary nitrogens is 1. The molecule has 27 heavy (non-hydrogen) atoms. The average Bonchev–Trinajstić information content (AvgIpc) is 3.16. The molecule has 1 aliphatic heterocycles. The lowest BCUT2D eigenvalue weighted by Crippen LogP contribution is -3.13. The van der Waals surface area contributed by atoms with E-state index in [1.807, 2.05) is 0 Å². The van der Waals surface area contributed by atoms with Crippen LogP contribution < -0.4 is 10.2 Å². The lowest BCUT2D eigenvalue weighted by Gasteiger charge is -2.30. The van der Waals surface area contributed by atoms with Crippen LogP contribution in [0.3, 0.4) is 0 Å². The third kappa shape index (κ3) is 6.30. The first-order valence-corrected chi connectivity index (χ1v) is 11.4. The molecule has 2 aromatic rings. The number of nitrogens with zero attached hydrogens (tertiary/aromatic N) is 1. The maximum Gasteiger partial charge on any atom is 0.173 e. The van der Waals surface area contributed by atoms with Crippen LogP contribution in [0.25, 0.3) is 0 Å². The van der Waals surface area contributed by atoms with Gasteiger partial charge in [-0.2, -0.15) is 0 Å². The second-order valence-corrected chi connectivity index (χ2v) is 9.22. The number of benzene rings is 1. The van der Waals surface area contributed by atoms with Crippen molar-refractivity contribution in [3.63, 3.8) is 0 Å². The van der Waals surface area contributed by atoms with Gasteiger partial charge in [-0.25, -0.2) is 0 Å². The standard InChI is InChI=1S/C22H31N3S2/c1-18-8-5-12-24(16-18)13-7-14-25(17-20-10-6-15-27-20)22(26)23-21-11-4-3-9-19(21)2/h3-4,6,9-11,15,18H,5,7-8,12-14,16-17H2,1-2H3,(H,23,26)/p+1. The summed E-state index contributed by atoms with van der Waals surface area (Å²) in [7, 11) is 0. The number of piperidine rings is 1. The highest BCUT2D eigenvalue weighted by Gasteiger charge is 2.20. The fourth-order valence-corrected chi connectivity index (χ4v) is 4.88. The van der Waals surface area contributed by atoms with Crippen LogP contribution in [0.1, 0.15) is 36.6 Å². The zero-order valence-corrected chi connectivity index (χ0v) is 18.2. The molecule has 0 aliphatic carbocycles. The quantitative estimate of drug-likeness (QED) is 0.684. The van der Waals surface area contributed by atoms with E-state index in [2.05, 4.69) is 65.8 Å². The molecule has 1 aromatic heterocycles. The number of nitrogens with one attached hydrogen (secondary N) is 2. The van der Waals surface area contributed by atoms with Crippen LogP contribution in [0.4, 0.5) is 5.69 Å². The first-order chi connectivity index (χ1) is 13.1. The van der Waals surface area contributed by atoms with E-state index in [-0.39, 0.29) is 0 Å².